The molecular formula is C17H19N6O+. The number of nitrogens with two attached hydrogens (primary N) is 1. The molecule has 3 aromatic rings. The quantitative estimate of drug-likeness (QED) is 0.557. The maximum Gasteiger partial charge on any atom is 0.173 e. The van der Waals surface area contributed by atoms with E-state index in [1.165, 1.54) is 0 Å². The van der Waals surface area contributed by atoms with E-state index >= 15 is 0 Å². The third-order valence-corrected chi connectivity index (χ3v) is 3.62. The molecule has 0 unspecified atom stereocenters. The molecule has 0 aliphatic rings. The van der Waals surface area contributed by atoms with E-state index in [9.17, 15) is 5.11 Å². The number of aryl methyl sites for hydroxylation is 1. The number of benzene rings is 1. The second-order valence-electron chi connectivity index (χ2n) is 5.44. The van der Waals surface area contributed by atoms with E-state index in [1.54, 1.807) is 23.0 Å². The van der Waals surface area contributed by atoms with Gasteiger partial charge in [-0.2, -0.15) is 5.10 Å². The van der Waals surface area contributed by atoms with Crippen molar-refractivity contribution in [2.45, 2.75) is 13.2 Å². The monoisotopic (exact) mass is 323 g/mol. The molecule has 3 rings (SSSR count). The first-order valence-electron chi connectivity index (χ1n) is 7.53. The van der Waals surface area contributed by atoms with Crippen molar-refractivity contribution >= 4 is 17.2 Å². The second kappa shape index (κ2) is 7.01. The van der Waals surface area contributed by atoms with Gasteiger partial charge in [0.1, 0.15) is 18.6 Å². The Kier molecular flexibility index (Phi) is 4.62. The highest BCUT2D eigenvalue weighted by atomic mass is 16.3. The summed E-state index contributed by atoms with van der Waals surface area (Å²) in [4.78, 5) is 0. The highest BCUT2D eigenvalue weighted by molar-refractivity contribution is 5.57. The number of hydrogen-bond donors (Lipinski definition) is 2. The van der Waals surface area contributed by atoms with Crippen LogP contribution in [0.1, 0.15) is 11.1 Å². The Morgan fingerprint density at radius 3 is 2.75 bits per heavy atom. The van der Waals surface area contributed by atoms with E-state index in [-0.39, 0.29) is 6.61 Å². The minimum atomic E-state index is -0.0883. The highest BCUT2D eigenvalue weighted by Crippen LogP contribution is 2.26. The molecule has 2 heterocycles. The van der Waals surface area contributed by atoms with Crippen LogP contribution in [0.15, 0.2) is 65.2 Å². The first-order valence-corrected chi connectivity index (χ1v) is 7.53. The zero-order valence-electron chi connectivity index (χ0n) is 13.4. The van der Waals surface area contributed by atoms with Gasteiger partial charge in [-0.25, -0.2) is 9.25 Å². The average Bonchev–Trinajstić information content (AvgIpc) is 2.93. The number of nitrogens with zero attached hydrogens (tertiary/aromatic N) is 5. The molecule has 3 N–H and O–H groups in total. The first-order chi connectivity index (χ1) is 11.7. The van der Waals surface area contributed by atoms with E-state index in [0.717, 1.165) is 5.56 Å². The number of aromatic nitrogens is 3. The van der Waals surface area contributed by atoms with Gasteiger partial charge < -0.3 is 10.8 Å². The zero-order valence-corrected chi connectivity index (χ0v) is 13.4. The Labute approximate surface area is 139 Å². The fraction of sp³-hybridized carbons (Fsp3) is 0.176. The standard InChI is InChI=1S/C17H19N6O/c1-22-8-4-5-13(10-22)11-23-17(18)16(9-19-23)21-20-15-7-3-2-6-14(15)12-24/h2-10,24H,11-12,18H2,1H3/q+1/b21-20+. The molecule has 0 bridgehead atoms. The van der Waals surface area contributed by atoms with E-state index in [1.807, 2.05) is 48.3 Å². The van der Waals surface area contributed by atoms with Gasteiger partial charge in [0.2, 0.25) is 0 Å². The van der Waals surface area contributed by atoms with Crippen LogP contribution in [0.25, 0.3) is 0 Å². The zero-order chi connectivity index (χ0) is 16.9. The SMILES string of the molecule is C[n+]1cccc(Cn2ncc(/N=N/c3ccccc3CO)c2N)c1. The summed E-state index contributed by atoms with van der Waals surface area (Å²) in [7, 11) is 1.97. The summed E-state index contributed by atoms with van der Waals surface area (Å²) >= 11 is 0. The number of aliphatic hydroxyl groups is 1. The fourth-order valence-corrected chi connectivity index (χ4v) is 2.35. The molecule has 0 spiro atoms. The Hall–Kier alpha value is -3.06. The van der Waals surface area contributed by atoms with Crippen LogP contribution in [-0.2, 0) is 20.2 Å². The normalized spacial score (nSPS) is 11.2. The number of nitrogen functional groups attached to an aromatic ring is 1. The molecule has 7 nitrogen and oxygen atoms in total. The molecule has 2 aromatic heterocycles. The number of anilines is 1. The van der Waals surface area contributed by atoms with Gasteiger partial charge in [-0.1, -0.05) is 18.2 Å². The second-order valence-corrected chi connectivity index (χ2v) is 5.44. The van der Waals surface area contributed by atoms with Crippen molar-refractivity contribution in [2.75, 3.05) is 5.73 Å². The van der Waals surface area contributed by atoms with Crippen molar-refractivity contribution in [3.63, 3.8) is 0 Å². The summed E-state index contributed by atoms with van der Waals surface area (Å²) in [6.45, 7) is 0.470. The number of aliphatic hydroxyl groups excluding tert-OH is 1. The Morgan fingerprint density at radius 1 is 1.17 bits per heavy atom. The van der Waals surface area contributed by atoms with Crippen LogP contribution in [0, 0.1) is 0 Å². The van der Waals surface area contributed by atoms with E-state index in [2.05, 4.69) is 15.3 Å². The number of hydrogen-bond acceptors (Lipinski definition) is 5. The van der Waals surface area contributed by atoms with Crippen LogP contribution in [0.3, 0.4) is 0 Å². The van der Waals surface area contributed by atoms with E-state index < -0.39 is 0 Å². The lowest BCUT2D eigenvalue weighted by Crippen LogP contribution is -2.27. The van der Waals surface area contributed by atoms with Gasteiger partial charge in [-0.3, -0.25) is 0 Å². The highest BCUT2D eigenvalue weighted by Gasteiger charge is 2.09. The van der Waals surface area contributed by atoms with Gasteiger partial charge in [0.25, 0.3) is 0 Å². The van der Waals surface area contributed by atoms with Gasteiger partial charge in [-0.05, 0) is 12.1 Å². The van der Waals surface area contributed by atoms with Gasteiger partial charge >= 0.3 is 0 Å². The Balaban J connectivity index is 1.81. The lowest BCUT2D eigenvalue weighted by Gasteiger charge is -2.03. The molecule has 1 aromatic carbocycles. The molecule has 0 fully saturated rings. The summed E-state index contributed by atoms with van der Waals surface area (Å²) in [6.07, 6.45) is 5.57. The molecule has 0 aliphatic carbocycles. The maximum absolute atomic E-state index is 9.32. The number of rotatable bonds is 5. The molecule has 0 saturated heterocycles. The molecule has 0 radical (unpaired) electrons. The topological polar surface area (TPSA) is 92.7 Å². The van der Waals surface area contributed by atoms with Gasteiger partial charge in [-0.15, -0.1) is 10.2 Å². The summed E-state index contributed by atoms with van der Waals surface area (Å²) in [5.41, 5.74) is 9.03. The maximum atomic E-state index is 9.32. The number of azo groups is 1. The van der Waals surface area contributed by atoms with Crippen molar-refractivity contribution in [1.29, 1.82) is 0 Å². The average molecular weight is 323 g/mol. The first kappa shape index (κ1) is 15.8. The molecule has 7 heteroatoms. The van der Waals surface area contributed by atoms with Crippen LogP contribution in [0.5, 0.6) is 0 Å². The van der Waals surface area contributed by atoms with Crippen LogP contribution >= 0.6 is 0 Å². The summed E-state index contributed by atoms with van der Waals surface area (Å²) in [5.74, 6) is 0.451. The fourth-order valence-electron chi connectivity index (χ4n) is 2.35. The van der Waals surface area contributed by atoms with Crippen molar-refractivity contribution in [3.8, 4) is 0 Å². The predicted octanol–water partition coefficient (Wildman–Crippen LogP) is 2.25. The third kappa shape index (κ3) is 3.47. The van der Waals surface area contributed by atoms with Gasteiger partial charge in [0.05, 0.1) is 25.0 Å². The van der Waals surface area contributed by atoms with Crippen LogP contribution in [0.4, 0.5) is 17.2 Å². The number of pyridine rings is 1. The lowest BCUT2D eigenvalue weighted by molar-refractivity contribution is -0.671. The smallest absolute Gasteiger partial charge is 0.173 e. The molecule has 0 amide bonds. The van der Waals surface area contributed by atoms with Crippen molar-refractivity contribution in [1.82, 2.24) is 9.78 Å². The van der Waals surface area contributed by atoms with Crippen molar-refractivity contribution in [2.24, 2.45) is 17.3 Å². The Bertz CT molecular complexity index is 871. The Morgan fingerprint density at radius 2 is 1.96 bits per heavy atom. The predicted molar refractivity (Wildman–Crippen MR) is 89.9 cm³/mol. The van der Waals surface area contributed by atoms with E-state index in [4.69, 9.17) is 5.73 Å². The minimum absolute atomic E-state index is 0.0883. The third-order valence-electron chi connectivity index (χ3n) is 3.62. The summed E-state index contributed by atoms with van der Waals surface area (Å²) in [6, 6.07) is 11.3. The van der Waals surface area contributed by atoms with Crippen LogP contribution < -0.4 is 10.3 Å². The largest absolute Gasteiger partial charge is 0.392 e. The van der Waals surface area contributed by atoms with Crippen molar-refractivity contribution < 1.29 is 9.67 Å². The molecule has 24 heavy (non-hydrogen) atoms. The van der Waals surface area contributed by atoms with Gasteiger partial charge in [0, 0.05) is 17.2 Å². The van der Waals surface area contributed by atoms with Crippen LogP contribution in [0.2, 0.25) is 0 Å². The van der Waals surface area contributed by atoms with Crippen LogP contribution in [-0.4, -0.2) is 14.9 Å². The molecule has 0 aliphatic heterocycles. The molecule has 0 saturated carbocycles. The molecule has 122 valence electrons. The van der Waals surface area contributed by atoms with E-state index in [0.29, 0.717) is 29.3 Å². The summed E-state index contributed by atoms with van der Waals surface area (Å²) in [5, 5.41) is 21.9. The summed E-state index contributed by atoms with van der Waals surface area (Å²) < 4.78 is 3.66. The van der Waals surface area contributed by atoms with Crippen molar-refractivity contribution in [3.05, 3.63) is 66.1 Å². The minimum Gasteiger partial charge on any atom is -0.392 e. The lowest BCUT2D eigenvalue weighted by atomic mass is 10.2. The van der Waals surface area contributed by atoms with Gasteiger partial charge in [0.15, 0.2) is 12.4 Å². The molecular weight excluding hydrogens is 304 g/mol. The molecule has 0 atom stereocenters.